The van der Waals surface area contributed by atoms with E-state index in [0.29, 0.717) is 19.1 Å². The van der Waals surface area contributed by atoms with E-state index < -0.39 is 11.9 Å². The number of amides is 1. The molecule has 5 heteroatoms. The fourth-order valence-electron chi connectivity index (χ4n) is 3.98. The van der Waals surface area contributed by atoms with Crippen LogP contribution in [0.1, 0.15) is 52.4 Å². The van der Waals surface area contributed by atoms with Gasteiger partial charge in [-0.2, -0.15) is 0 Å². The second-order valence-corrected chi connectivity index (χ2v) is 7.50. The van der Waals surface area contributed by atoms with Crippen molar-refractivity contribution in [2.24, 2.45) is 29.6 Å². The van der Waals surface area contributed by atoms with Crippen molar-refractivity contribution in [3.63, 3.8) is 0 Å². The van der Waals surface area contributed by atoms with Crippen molar-refractivity contribution < 1.29 is 19.4 Å². The monoisotopic (exact) mass is 325 g/mol. The fourth-order valence-corrected chi connectivity index (χ4v) is 3.98. The molecule has 0 aromatic heterocycles. The van der Waals surface area contributed by atoms with E-state index >= 15 is 0 Å². The highest BCUT2D eigenvalue weighted by Gasteiger charge is 2.32. The molecule has 2 rings (SSSR count). The van der Waals surface area contributed by atoms with Crippen molar-refractivity contribution in [3.05, 3.63) is 0 Å². The molecule has 1 heterocycles. The molecule has 0 bridgehead atoms. The van der Waals surface area contributed by atoms with Crippen LogP contribution in [-0.4, -0.2) is 36.7 Å². The van der Waals surface area contributed by atoms with Gasteiger partial charge in [-0.15, -0.1) is 0 Å². The molecule has 1 atom stereocenters. The molecular formula is C18H31NO4. The molecule has 1 aliphatic heterocycles. The van der Waals surface area contributed by atoms with Crippen molar-refractivity contribution in [2.75, 3.05) is 19.8 Å². The Bertz CT molecular complexity index is 396. The third-order valence-electron chi connectivity index (χ3n) is 5.73. The Kier molecular flexibility index (Phi) is 6.88. The predicted octanol–water partition coefficient (Wildman–Crippen LogP) is 2.69. The summed E-state index contributed by atoms with van der Waals surface area (Å²) >= 11 is 0. The van der Waals surface area contributed by atoms with E-state index in [-0.39, 0.29) is 24.3 Å². The molecule has 1 amide bonds. The van der Waals surface area contributed by atoms with Crippen molar-refractivity contribution >= 4 is 11.9 Å². The Balaban J connectivity index is 1.79. The second-order valence-electron chi connectivity index (χ2n) is 7.50. The third kappa shape index (κ3) is 5.20. The first-order chi connectivity index (χ1) is 11.0. The van der Waals surface area contributed by atoms with Crippen LogP contribution in [0.2, 0.25) is 0 Å². The molecule has 132 valence electrons. The Hall–Kier alpha value is -1.10. The first-order valence-corrected chi connectivity index (χ1v) is 9.07. The summed E-state index contributed by atoms with van der Waals surface area (Å²) in [5.41, 5.74) is 0. The van der Waals surface area contributed by atoms with Gasteiger partial charge in [0.25, 0.3) is 0 Å². The Morgan fingerprint density at radius 2 is 1.65 bits per heavy atom. The molecule has 2 aliphatic rings. The van der Waals surface area contributed by atoms with Crippen LogP contribution in [0, 0.1) is 29.6 Å². The summed E-state index contributed by atoms with van der Waals surface area (Å²) < 4.78 is 5.30. The Morgan fingerprint density at radius 1 is 1.04 bits per heavy atom. The number of carboxylic acid groups (broad SMARTS) is 1. The lowest BCUT2D eigenvalue weighted by atomic mass is 9.76. The van der Waals surface area contributed by atoms with E-state index in [0.717, 1.165) is 44.4 Å². The largest absolute Gasteiger partial charge is 0.481 e. The number of hydrogen-bond donors (Lipinski definition) is 2. The van der Waals surface area contributed by atoms with Crippen molar-refractivity contribution in [1.82, 2.24) is 5.32 Å². The van der Waals surface area contributed by atoms with Crippen LogP contribution in [0.3, 0.4) is 0 Å². The van der Waals surface area contributed by atoms with E-state index in [1.54, 1.807) is 0 Å². The minimum Gasteiger partial charge on any atom is -0.481 e. The SMILES string of the molecule is CC(C)C1CCC(C(=O)NCC(C(=O)O)C2CCOCC2)CC1. The first kappa shape index (κ1) is 18.2. The maximum absolute atomic E-state index is 12.4. The predicted molar refractivity (Wildman–Crippen MR) is 88.0 cm³/mol. The first-order valence-electron chi connectivity index (χ1n) is 9.07. The van der Waals surface area contributed by atoms with Gasteiger partial charge in [0.15, 0.2) is 0 Å². The van der Waals surface area contributed by atoms with Crippen LogP contribution in [-0.2, 0) is 14.3 Å². The highest BCUT2D eigenvalue weighted by atomic mass is 16.5. The fraction of sp³-hybridized carbons (Fsp3) is 0.889. The molecule has 1 saturated heterocycles. The summed E-state index contributed by atoms with van der Waals surface area (Å²) in [6, 6.07) is 0. The van der Waals surface area contributed by atoms with Gasteiger partial charge >= 0.3 is 5.97 Å². The van der Waals surface area contributed by atoms with Gasteiger partial charge in [0.1, 0.15) is 0 Å². The van der Waals surface area contributed by atoms with Gasteiger partial charge in [-0.1, -0.05) is 13.8 Å². The van der Waals surface area contributed by atoms with Gasteiger partial charge in [-0.05, 0) is 56.3 Å². The molecule has 0 spiro atoms. The molecule has 1 aliphatic carbocycles. The minimum atomic E-state index is -0.805. The zero-order chi connectivity index (χ0) is 16.8. The quantitative estimate of drug-likeness (QED) is 0.787. The molecule has 2 N–H and O–H groups in total. The van der Waals surface area contributed by atoms with Crippen LogP contribution < -0.4 is 5.32 Å². The maximum Gasteiger partial charge on any atom is 0.308 e. The molecule has 0 aromatic rings. The van der Waals surface area contributed by atoms with Gasteiger partial charge in [-0.3, -0.25) is 9.59 Å². The average Bonchev–Trinajstić information content (AvgIpc) is 2.55. The summed E-state index contributed by atoms with van der Waals surface area (Å²) in [6.45, 7) is 6.00. The molecular weight excluding hydrogens is 294 g/mol. The molecule has 23 heavy (non-hydrogen) atoms. The average molecular weight is 325 g/mol. The minimum absolute atomic E-state index is 0.0468. The summed E-state index contributed by atoms with van der Waals surface area (Å²) in [5.74, 6) is 0.338. The van der Waals surface area contributed by atoms with Crippen LogP contribution in [0.25, 0.3) is 0 Å². The summed E-state index contributed by atoms with van der Waals surface area (Å²) in [7, 11) is 0. The zero-order valence-electron chi connectivity index (χ0n) is 14.4. The number of carboxylic acids is 1. The zero-order valence-corrected chi connectivity index (χ0v) is 14.4. The number of ether oxygens (including phenoxy) is 1. The third-order valence-corrected chi connectivity index (χ3v) is 5.73. The van der Waals surface area contributed by atoms with Crippen molar-refractivity contribution in [3.8, 4) is 0 Å². The standard InChI is InChI=1S/C18H31NO4/c1-12(2)13-3-5-15(6-4-13)17(20)19-11-16(18(21)22)14-7-9-23-10-8-14/h12-16H,3-11H2,1-2H3,(H,19,20)(H,21,22). The van der Waals surface area contributed by atoms with Crippen LogP contribution >= 0.6 is 0 Å². The highest BCUT2D eigenvalue weighted by molar-refractivity contribution is 5.79. The van der Waals surface area contributed by atoms with Gasteiger partial charge in [-0.25, -0.2) is 0 Å². The number of aliphatic carboxylic acids is 1. The lowest BCUT2D eigenvalue weighted by Gasteiger charge is -2.31. The molecule has 5 nitrogen and oxygen atoms in total. The Morgan fingerprint density at radius 3 is 2.17 bits per heavy atom. The van der Waals surface area contributed by atoms with Gasteiger partial charge in [0.05, 0.1) is 5.92 Å². The topological polar surface area (TPSA) is 75.6 Å². The normalized spacial score (nSPS) is 27.6. The number of carbonyl (C=O) groups excluding carboxylic acids is 1. The van der Waals surface area contributed by atoms with Gasteiger partial charge in [0.2, 0.25) is 5.91 Å². The molecule has 0 radical (unpaired) electrons. The molecule has 1 saturated carbocycles. The van der Waals surface area contributed by atoms with E-state index in [4.69, 9.17) is 4.74 Å². The second kappa shape index (κ2) is 8.67. The summed E-state index contributed by atoms with van der Waals surface area (Å²) in [4.78, 5) is 23.9. The summed E-state index contributed by atoms with van der Waals surface area (Å²) in [5, 5.41) is 12.4. The number of carbonyl (C=O) groups is 2. The number of nitrogens with one attached hydrogen (secondary N) is 1. The lowest BCUT2D eigenvalue weighted by molar-refractivity contribution is -0.145. The smallest absolute Gasteiger partial charge is 0.308 e. The number of hydrogen-bond acceptors (Lipinski definition) is 3. The molecule has 0 aromatic carbocycles. The Labute approximate surface area is 139 Å². The number of rotatable bonds is 6. The van der Waals surface area contributed by atoms with Crippen LogP contribution in [0.15, 0.2) is 0 Å². The van der Waals surface area contributed by atoms with Gasteiger partial charge in [0, 0.05) is 25.7 Å². The maximum atomic E-state index is 12.4. The molecule has 2 fully saturated rings. The van der Waals surface area contributed by atoms with Crippen LogP contribution in [0.4, 0.5) is 0 Å². The molecule has 1 unspecified atom stereocenters. The van der Waals surface area contributed by atoms with Crippen molar-refractivity contribution in [1.29, 1.82) is 0 Å². The lowest BCUT2D eigenvalue weighted by Crippen LogP contribution is -2.41. The van der Waals surface area contributed by atoms with Crippen molar-refractivity contribution in [2.45, 2.75) is 52.4 Å². The summed E-state index contributed by atoms with van der Waals surface area (Å²) in [6.07, 6.45) is 5.63. The van der Waals surface area contributed by atoms with E-state index in [1.807, 2.05) is 0 Å². The van der Waals surface area contributed by atoms with Gasteiger partial charge < -0.3 is 15.2 Å². The van der Waals surface area contributed by atoms with E-state index in [1.165, 1.54) is 0 Å². The highest BCUT2D eigenvalue weighted by Crippen LogP contribution is 2.33. The van der Waals surface area contributed by atoms with E-state index in [2.05, 4.69) is 19.2 Å². The van der Waals surface area contributed by atoms with E-state index in [9.17, 15) is 14.7 Å². The van der Waals surface area contributed by atoms with Crippen LogP contribution in [0.5, 0.6) is 0 Å².